The lowest BCUT2D eigenvalue weighted by Gasteiger charge is -2.22. The highest BCUT2D eigenvalue weighted by molar-refractivity contribution is 6.31. The van der Waals surface area contributed by atoms with E-state index in [0.717, 1.165) is 4.90 Å². The van der Waals surface area contributed by atoms with E-state index in [9.17, 15) is 14.7 Å². The second-order valence-corrected chi connectivity index (χ2v) is 5.15. The van der Waals surface area contributed by atoms with Crippen LogP contribution < -0.4 is 5.32 Å². The number of hydrogen-bond donors (Lipinski definition) is 3. The predicted octanol–water partition coefficient (Wildman–Crippen LogP) is 1.70. The fourth-order valence-electron chi connectivity index (χ4n) is 2.20. The summed E-state index contributed by atoms with van der Waals surface area (Å²) >= 11 is 5.96. The number of nitrogens with zero attached hydrogens (tertiary/aromatic N) is 1. The molecule has 6 nitrogen and oxygen atoms in total. The summed E-state index contributed by atoms with van der Waals surface area (Å²) in [6, 6.07) is 3.51. The summed E-state index contributed by atoms with van der Waals surface area (Å²) in [5.74, 6) is -1.13. The fourth-order valence-corrected chi connectivity index (χ4v) is 2.38. The van der Waals surface area contributed by atoms with Gasteiger partial charge in [-0.05, 0) is 24.6 Å². The number of carboxylic acid groups (broad SMARTS) is 1. The van der Waals surface area contributed by atoms with E-state index in [1.807, 2.05) is 0 Å². The van der Waals surface area contributed by atoms with Gasteiger partial charge < -0.3 is 20.4 Å². The number of carbonyl (C=O) groups excluding carboxylic acids is 1. The Morgan fingerprint density at radius 3 is 2.80 bits per heavy atom. The van der Waals surface area contributed by atoms with Crippen LogP contribution in [0.2, 0.25) is 5.02 Å². The molecule has 0 aromatic heterocycles. The third-order valence-corrected chi connectivity index (χ3v) is 3.74. The number of likely N-dealkylation sites (tertiary alicyclic amines) is 1. The van der Waals surface area contributed by atoms with Crippen molar-refractivity contribution in [2.45, 2.75) is 25.5 Å². The van der Waals surface area contributed by atoms with Gasteiger partial charge in [-0.3, -0.25) is 0 Å². The van der Waals surface area contributed by atoms with Gasteiger partial charge in [-0.1, -0.05) is 17.7 Å². The number of rotatable bonds is 2. The zero-order valence-corrected chi connectivity index (χ0v) is 11.6. The van der Waals surface area contributed by atoms with Gasteiger partial charge in [0.15, 0.2) is 0 Å². The van der Waals surface area contributed by atoms with E-state index in [-0.39, 0.29) is 13.0 Å². The van der Waals surface area contributed by atoms with Crippen LogP contribution in [0.5, 0.6) is 0 Å². The number of benzene rings is 1. The van der Waals surface area contributed by atoms with E-state index in [1.165, 1.54) is 0 Å². The molecule has 2 rings (SSSR count). The maximum atomic E-state index is 12.1. The molecule has 7 heteroatoms. The topological polar surface area (TPSA) is 89.9 Å². The maximum Gasteiger partial charge on any atom is 0.326 e. The van der Waals surface area contributed by atoms with Crippen LogP contribution in [0, 0.1) is 6.92 Å². The fraction of sp³-hybridized carbons (Fsp3) is 0.385. The minimum Gasteiger partial charge on any atom is -0.480 e. The standard InChI is InChI=1S/C13H15ClN2O4/c1-7-9(14)3-2-4-10(7)15-13(20)16-6-8(17)5-11(16)12(18)19/h2-4,8,11,17H,5-6H2,1H3,(H,15,20)(H,18,19)/t8-,11+/m1/s1. The molecule has 1 heterocycles. The molecule has 1 saturated heterocycles. The summed E-state index contributed by atoms with van der Waals surface area (Å²) in [4.78, 5) is 24.3. The van der Waals surface area contributed by atoms with Crippen molar-refractivity contribution in [1.82, 2.24) is 4.90 Å². The van der Waals surface area contributed by atoms with Crippen molar-refractivity contribution in [3.8, 4) is 0 Å². The lowest BCUT2D eigenvalue weighted by molar-refractivity contribution is -0.141. The Kier molecular flexibility index (Phi) is 4.15. The maximum absolute atomic E-state index is 12.1. The first-order valence-corrected chi connectivity index (χ1v) is 6.51. The van der Waals surface area contributed by atoms with Crippen LogP contribution in [0.4, 0.5) is 10.5 Å². The van der Waals surface area contributed by atoms with Gasteiger partial charge >= 0.3 is 12.0 Å². The van der Waals surface area contributed by atoms with Gasteiger partial charge in [0.05, 0.1) is 6.10 Å². The molecule has 1 aliphatic heterocycles. The first-order valence-electron chi connectivity index (χ1n) is 6.13. The lowest BCUT2D eigenvalue weighted by atomic mass is 10.2. The molecule has 108 valence electrons. The average Bonchev–Trinajstić information content (AvgIpc) is 2.77. The molecule has 0 radical (unpaired) electrons. The lowest BCUT2D eigenvalue weighted by Crippen LogP contribution is -2.43. The third-order valence-electron chi connectivity index (χ3n) is 3.33. The van der Waals surface area contributed by atoms with E-state index in [4.69, 9.17) is 16.7 Å². The number of nitrogens with one attached hydrogen (secondary N) is 1. The number of anilines is 1. The number of hydrogen-bond acceptors (Lipinski definition) is 3. The quantitative estimate of drug-likeness (QED) is 0.775. The van der Waals surface area contributed by atoms with Crippen LogP contribution in [0.3, 0.4) is 0 Å². The average molecular weight is 299 g/mol. The van der Waals surface area contributed by atoms with E-state index in [0.29, 0.717) is 16.3 Å². The Hall–Kier alpha value is -1.79. The van der Waals surface area contributed by atoms with Crippen molar-refractivity contribution in [2.75, 3.05) is 11.9 Å². The van der Waals surface area contributed by atoms with Crippen molar-refractivity contribution < 1.29 is 19.8 Å². The molecule has 0 spiro atoms. The van der Waals surface area contributed by atoms with Gasteiger partial charge in [0.1, 0.15) is 6.04 Å². The highest BCUT2D eigenvalue weighted by atomic mass is 35.5. The highest BCUT2D eigenvalue weighted by Crippen LogP contribution is 2.25. The molecule has 1 aliphatic rings. The summed E-state index contributed by atoms with van der Waals surface area (Å²) in [6.45, 7) is 1.76. The number of aliphatic carboxylic acids is 1. The minimum atomic E-state index is -1.13. The first-order chi connectivity index (χ1) is 9.40. The van der Waals surface area contributed by atoms with Crippen LogP contribution in [0.1, 0.15) is 12.0 Å². The number of urea groups is 1. The first kappa shape index (κ1) is 14.6. The Balaban J connectivity index is 2.15. The van der Waals surface area contributed by atoms with Crippen LogP contribution in [0.15, 0.2) is 18.2 Å². The van der Waals surface area contributed by atoms with Crippen molar-refractivity contribution >= 4 is 29.3 Å². The summed E-state index contributed by atoms with van der Waals surface area (Å²) in [5, 5.41) is 21.7. The molecular formula is C13H15ClN2O4. The third kappa shape index (κ3) is 2.86. The zero-order chi connectivity index (χ0) is 14.9. The molecule has 0 bridgehead atoms. The normalized spacial score (nSPS) is 21.9. The van der Waals surface area contributed by atoms with Crippen molar-refractivity contribution in [2.24, 2.45) is 0 Å². The van der Waals surface area contributed by atoms with Gasteiger partial charge in [-0.15, -0.1) is 0 Å². The molecule has 20 heavy (non-hydrogen) atoms. The molecular weight excluding hydrogens is 284 g/mol. The SMILES string of the molecule is Cc1c(Cl)cccc1NC(=O)N1C[C@H](O)C[C@H]1C(=O)O. The van der Waals surface area contributed by atoms with Gasteiger partial charge in [0.2, 0.25) is 0 Å². The number of carboxylic acids is 1. The Labute approximate surface area is 121 Å². The Morgan fingerprint density at radius 2 is 2.15 bits per heavy atom. The molecule has 0 aliphatic carbocycles. The summed E-state index contributed by atoms with van der Waals surface area (Å²) in [6.07, 6.45) is -0.778. The van der Waals surface area contributed by atoms with Gasteiger partial charge in [-0.25, -0.2) is 9.59 Å². The number of carbonyl (C=O) groups is 2. The summed E-state index contributed by atoms with van der Waals surface area (Å²) in [5.41, 5.74) is 1.22. The van der Waals surface area contributed by atoms with Crippen LogP contribution >= 0.6 is 11.6 Å². The van der Waals surface area contributed by atoms with Gasteiger partial charge in [0, 0.05) is 23.7 Å². The minimum absolute atomic E-state index is 0.00239. The number of β-amino-alcohol motifs (C(OH)–C–C–N with tert-alkyl or cyclic N) is 1. The predicted molar refractivity (Wildman–Crippen MR) is 74.0 cm³/mol. The number of halogens is 1. The zero-order valence-electron chi connectivity index (χ0n) is 10.8. The van der Waals surface area contributed by atoms with Gasteiger partial charge in [-0.2, -0.15) is 0 Å². The van der Waals surface area contributed by atoms with Crippen molar-refractivity contribution in [1.29, 1.82) is 0 Å². The highest BCUT2D eigenvalue weighted by Gasteiger charge is 2.39. The molecule has 1 fully saturated rings. The van der Waals surface area contributed by atoms with Gasteiger partial charge in [0.25, 0.3) is 0 Å². The second kappa shape index (κ2) is 5.68. The van der Waals surface area contributed by atoms with Crippen LogP contribution in [-0.4, -0.2) is 45.8 Å². The Morgan fingerprint density at radius 1 is 1.45 bits per heavy atom. The number of aliphatic hydroxyl groups excluding tert-OH is 1. The van der Waals surface area contributed by atoms with E-state index in [2.05, 4.69) is 5.32 Å². The monoisotopic (exact) mass is 298 g/mol. The summed E-state index contributed by atoms with van der Waals surface area (Å²) < 4.78 is 0. The van der Waals surface area contributed by atoms with Crippen LogP contribution in [-0.2, 0) is 4.79 Å². The molecule has 0 saturated carbocycles. The number of amides is 2. The number of aliphatic hydroxyl groups is 1. The van der Waals surface area contributed by atoms with E-state index in [1.54, 1.807) is 25.1 Å². The largest absolute Gasteiger partial charge is 0.480 e. The molecule has 1 aromatic carbocycles. The molecule has 2 atom stereocenters. The molecule has 1 aromatic rings. The van der Waals surface area contributed by atoms with Crippen LogP contribution in [0.25, 0.3) is 0 Å². The smallest absolute Gasteiger partial charge is 0.326 e. The molecule has 3 N–H and O–H groups in total. The van der Waals surface area contributed by atoms with Crippen molar-refractivity contribution in [3.63, 3.8) is 0 Å². The Bertz CT molecular complexity index is 549. The summed E-state index contributed by atoms with van der Waals surface area (Å²) in [7, 11) is 0. The molecule has 2 amide bonds. The molecule has 0 unspecified atom stereocenters. The second-order valence-electron chi connectivity index (χ2n) is 4.74. The van der Waals surface area contributed by atoms with E-state index >= 15 is 0 Å². The van der Waals surface area contributed by atoms with Crippen molar-refractivity contribution in [3.05, 3.63) is 28.8 Å². The van der Waals surface area contributed by atoms with E-state index < -0.39 is 24.1 Å².